The van der Waals surface area contributed by atoms with Crippen LogP contribution in [0.15, 0.2) is 42.5 Å². The van der Waals surface area contributed by atoms with Crippen molar-refractivity contribution in [2.24, 2.45) is 0 Å². The van der Waals surface area contributed by atoms with Gasteiger partial charge in [0.25, 0.3) is 0 Å². The summed E-state index contributed by atoms with van der Waals surface area (Å²) in [5.74, 6) is 0.723. The van der Waals surface area contributed by atoms with Gasteiger partial charge in [0.2, 0.25) is 0 Å². The lowest BCUT2D eigenvalue weighted by atomic mass is 10.2. The van der Waals surface area contributed by atoms with Crippen molar-refractivity contribution in [3.8, 4) is 5.75 Å². The van der Waals surface area contributed by atoms with E-state index in [1.165, 1.54) is 13.3 Å². The molecule has 0 spiro atoms. The Bertz CT molecular complexity index is 315. The Morgan fingerprint density at radius 3 is 1.80 bits per heavy atom. The van der Waals surface area contributed by atoms with Crippen molar-refractivity contribution in [3.63, 3.8) is 0 Å². The average molecular weight is 280 g/mol. The summed E-state index contributed by atoms with van der Waals surface area (Å²) in [4.78, 5) is 10.8. The van der Waals surface area contributed by atoms with E-state index in [2.05, 4.69) is 20.4 Å². The molecular formula is C18H32O2. The third-order valence-electron chi connectivity index (χ3n) is 1.65. The van der Waals surface area contributed by atoms with Gasteiger partial charge in [-0.15, -0.1) is 0 Å². The molecule has 0 heterocycles. The highest BCUT2D eigenvalue weighted by atomic mass is 16.5. The quantitative estimate of drug-likeness (QED) is 0.663. The van der Waals surface area contributed by atoms with Gasteiger partial charge in [-0.05, 0) is 19.1 Å². The zero-order valence-electron chi connectivity index (χ0n) is 14.3. The number of ether oxygens (including phenoxy) is 1. The van der Waals surface area contributed by atoms with Crippen LogP contribution in [0.25, 0.3) is 0 Å². The van der Waals surface area contributed by atoms with E-state index < -0.39 is 0 Å². The van der Waals surface area contributed by atoms with Gasteiger partial charge in [0.1, 0.15) is 12.4 Å². The number of hydrogen-bond acceptors (Lipinski definition) is 2. The van der Waals surface area contributed by atoms with Gasteiger partial charge in [-0.1, -0.05) is 72.7 Å². The second kappa shape index (κ2) is 19.8. The van der Waals surface area contributed by atoms with Gasteiger partial charge < -0.3 is 4.74 Å². The number of hydrogen-bond donors (Lipinski definition) is 0. The number of ketones is 1. The summed E-state index contributed by atoms with van der Waals surface area (Å²) < 4.78 is 5.31. The minimum atomic E-state index is -0.0315. The van der Waals surface area contributed by atoms with Crippen LogP contribution >= 0.6 is 0 Å². The minimum absolute atomic E-state index is 0.0315. The first-order valence-electron chi connectivity index (χ1n) is 7.48. The molecule has 2 nitrogen and oxygen atoms in total. The van der Waals surface area contributed by atoms with E-state index in [0.29, 0.717) is 5.57 Å². The van der Waals surface area contributed by atoms with Gasteiger partial charge in [0.05, 0.1) is 0 Å². The summed E-state index contributed by atoms with van der Waals surface area (Å²) in [5.41, 5.74) is 0.490. The molecule has 0 aliphatic rings. The molecule has 0 radical (unpaired) electrons. The van der Waals surface area contributed by atoms with Crippen molar-refractivity contribution in [2.75, 3.05) is 6.61 Å². The molecule has 0 unspecified atom stereocenters. The molecule has 0 aliphatic heterocycles. The Kier molecular flexibility index (Phi) is 23.2. The Labute approximate surface area is 125 Å². The molecule has 1 aromatic rings. The lowest BCUT2D eigenvalue weighted by Crippen LogP contribution is -2.06. The van der Waals surface area contributed by atoms with Crippen molar-refractivity contribution < 1.29 is 9.53 Å². The number of carbonyl (C=O) groups is 1. The first-order valence-corrected chi connectivity index (χ1v) is 7.48. The topological polar surface area (TPSA) is 26.3 Å². The highest BCUT2D eigenvalue weighted by Gasteiger charge is 2.00. The van der Waals surface area contributed by atoms with Gasteiger partial charge in [-0.25, -0.2) is 0 Å². The van der Waals surface area contributed by atoms with Gasteiger partial charge in [-0.2, -0.15) is 0 Å². The fourth-order valence-corrected chi connectivity index (χ4v) is 0.789. The van der Waals surface area contributed by atoms with Crippen molar-refractivity contribution in [1.29, 1.82) is 0 Å². The molecule has 0 amide bonds. The van der Waals surface area contributed by atoms with Crippen LogP contribution in [0.1, 0.15) is 54.9 Å². The lowest BCUT2D eigenvalue weighted by molar-refractivity contribution is -0.113. The highest BCUT2D eigenvalue weighted by Crippen LogP contribution is 2.09. The van der Waals surface area contributed by atoms with Crippen molar-refractivity contribution in [3.05, 3.63) is 42.5 Å². The van der Waals surface area contributed by atoms with Gasteiger partial charge in [-0.3, -0.25) is 4.79 Å². The van der Waals surface area contributed by atoms with E-state index in [-0.39, 0.29) is 12.4 Å². The summed E-state index contributed by atoms with van der Waals surface area (Å²) >= 11 is 0. The molecule has 116 valence electrons. The molecule has 20 heavy (non-hydrogen) atoms. The van der Waals surface area contributed by atoms with Crippen LogP contribution in [0.4, 0.5) is 0 Å². The molecular weight excluding hydrogens is 248 g/mol. The van der Waals surface area contributed by atoms with E-state index in [9.17, 15) is 4.79 Å². The Morgan fingerprint density at radius 2 is 1.45 bits per heavy atom. The first-order chi connectivity index (χ1) is 9.61. The molecule has 1 aromatic carbocycles. The third kappa shape index (κ3) is 16.4. The SMILES string of the molecule is C=C(COc1ccccc1)C(C)=O.CC.CC.CCC. The third-order valence-corrected chi connectivity index (χ3v) is 1.65. The van der Waals surface area contributed by atoms with E-state index in [1.807, 2.05) is 58.0 Å². The Morgan fingerprint density at radius 1 is 1.05 bits per heavy atom. The molecule has 0 aliphatic carbocycles. The maximum absolute atomic E-state index is 10.8. The van der Waals surface area contributed by atoms with Crippen LogP contribution < -0.4 is 4.74 Å². The molecule has 0 fully saturated rings. The second-order valence-corrected chi connectivity index (χ2v) is 3.47. The zero-order valence-corrected chi connectivity index (χ0v) is 14.3. The molecule has 0 N–H and O–H groups in total. The van der Waals surface area contributed by atoms with Crippen LogP contribution in [-0.4, -0.2) is 12.4 Å². The predicted molar refractivity (Wildman–Crippen MR) is 90.4 cm³/mol. The highest BCUT2D eigenvalue weighted by molar-refractivity contribution is 5.92. The molecule has 0 bridgehead atoms. The van der Waals surface area contributed by atoms with Crippen molar-refractivity contribution in [1.82, 2.24) is 0 Å². The molecule has 0 atom stereocenters. The largest absolute Gasteiger partial charge is 0.489 e. The molecule has 0 saturated carbocycles. The Balaban J connectivity index is -0.000000355. The summed E-state index contributed by atoms with van der Waals surface area (Å²) in [7, 11) is 0. The smallest absolute Gasteiger partial charge is 0.158 e. The second-order valence-electron chi connectivity index (χ2n) is 3.47. The minimum Gasteiger partial charge on any atom is -0.489 e. The van der Waals surface area contributed by atoms with Crippen LogP contribution in [0.3, 0.4) is 0 Å². The van der Waals surface area contributed by atoms with Crippen LogP contribution in [0, 0.1) is 0 Å². The monoisotopic (exact) mass is 280 g/mol. The molecule has 2 heteroatoms. The number of benzene rings is 1. The fourth-order valence-electron chi connectivity index (χ4n) is 0.789. The number of rotatable bonds is 4. The van der Waals surface area contributed by atoms with E-state index in [0.717, 1.165) is 5.75 Å². The van der Waals surface area contributed by atoms with Crippen LogP contribution in [0.5, 0.6) is 5.75 Å². The van der Waals surface area contributed by atoms with Gasteiger partial charge in [0, 0.05) is 5.57 Å². The molecule has 0 aromatic heterocycles. The average Bonchev–Trinajstić information content (AvgIpc) is 2.50. The lowest BCUT2D eigenvalue weighted by Gasteiger charge is -2.05. The zero-order chi connectivity index (χ0) is 16.4. The van der Waals surface area contributed by atoms with E-state index in [4.69, 9.17) is 4.74 Å². The maximum atomic E-state index is 10.8. The van der Waals surface area contributed by atoms with Crippen molar-refractivity contribution >= 4 is 5.78 Å². The van der Waals surface area contributed by atoms with Gasteiger partial charge in [0.15, 0.2) is 5.78 Å². The van der Waals surface area contributed by atoms with Crippen LogP contribution in [-0.2, 0) is 4.79 Å². The van der Waals surface area contributed by atoms with Gasteiger partial charge >= 0.3 is 0 Å². The fraction of sp³-hybridized carbons (Fsp3) is 0.500. The summed E-state index contributed by atoms with van der Waals surface area (Å²) in [6, 6.07) is 9.35. The molecule has 1 rings (SSSR count). The van der Waals surface area contributed by atoms with Crippen LogP contribution in [0.2, 0.25) is 0 Å². The standard InChI is InChI=1S/C11H12O2.C3H8.2C2H6/c1-9(10(2)12)8-13-11-6-4-3-5-7-11;1-3-2;2*1-2/h3-7H,1,8H2,2H3;3H2,1-2H3;2*1-2H3. The Hall–Kier alpha value is -1.57. The predicted octanol–water partition coefficient (Wildman–Crippen LogP) is 5.68. The molecule has 0 saturated heterocycles. The van der Waals surface area contributed by atoms with E-state index >= 15 is 0 Å². The number of Topliss-reactive ketones (excluding diaryl/α,β-unsaturated/α-hetero) is 1. The number of carbonyl (C=O) groups excluding carboxylic acids is 1. The number of para-hydroxylation sites is 1. The summed E-state index contributed by atoms with van der Waals surface area (Å²) in [6.45, 7) is 17.6. The normalized spacial score (nSPS) is 7.55. The van der Waals surface area contributed by atoms with Crippen molar-refractivity contribution in [2.45, 2.75) is 54.9 Å². The first kappa shape index (κ1) is 23.5. The van der Waals surface area contributed by atoms with E-state index in [1.54, 1.807) is 0 Å². The maximum Gasteiger partial charge on any atom is 0.158 e. The summed E-state index contributed by atoms with van der Waals surface area (Å²) in [5, 5.41) is 0. The summed E-state index contributed by atoms with van der Waals surface area (Å²) in [6.07, 6.45) is 1.25.